The molecule has 1 aliphatic rings. The molecule has 0 radical (unpaired) electrons. The van der Waals surface area contributed by atoms with E-state index in [0.29, 0.717) is 16.8 Å². The summed E-state index contributed by atoms with van der Waals surface area (Å²) >= 11 is 1.31. The fraction of sp³-hybridized carbons (Fsp3) is 0.300. The molecule has 0 spiro atoms. The van der Waals surface area contributed by atoms with Gasteiger partial charge in [-0.25, -0.2) is 9.97 Å². The first-order valence-corrected chi connectivity index (χ1v) is 10.6. The molecule has 1 fully saturated rings. The molecule has 0 bridgehead atoms. The van der Waals surface area contributed by atoms with E-state index in [1.807, 2.05) is 19.1 Å². The van der Waals surface area contributed by atoms with E-state index in [0.717, 1.165) is 35.9 Å². The smallest absolute Gasteiger partial charge is 0.356 e. The monoisotopic (exact) mass is 467 g/mol. The van der Waals surface area contributed by atoms with Crippen molar-refractivity contribution in [3.63, 3.8) is 0 Å². The van der Waals surface area contributed by atoms with Crippen LogP contribution in [0.2, 0.25) is 0 Å². The van der Waals surface area contributed by atoms with Crippen LogP contribution < -0.4 is 15.5 Å². The fourth-order valence-corrected chi connectivity index (χ4v) is 3.71. The Bertz CT molecular complexity index is 1110. The third-order valence-electron chi connectivity index (χ3n) is 4.54. The van der Waals surface area contributed by atoms with Gasteiger partial charge in [-0.1, -0.05) is 0 Å². The third-order valence-corrected chi connectivity index (χ3v) is 5.42. The molecule has 3 N–H and O–H groups in total. The molecule has 1 aromatic carbocycles. The Balaban J connectivity index is 0.00000204. The van der Waals surface area contributed by atoms with Gasteiger partial charge in [0.25, 0.3) is 0 Å². The number of rotatable bonds is 7. The van der Waals surface area contributed by atoms with Crippen LogP contribution in [-0.4, -0.2) is 45.3 Å². The number of hydrogen-bond donors (Lipinski definition) is 3. The molecule has 12 heteroatoms. The number of H-pyrrole nitrogens is 1. The standard InChI is InChI=1S/C20H20F3N7OS.2H2/c1-12-9-16(29-28-12)25-15-10-17(30-7-2-8-30)27-19(26-15)32-14-5-3-13(4-6-14)24-18(31)11-20(21,22)23;;/h3-6,9-10H,2,7-8,11H2,1H3,(H,24,31)(H2,25,26,27,28,29);2*1H. The first-order valence-electron chi connectivity index (χ1n) is 9.81. The van der Waals surface area contributed by atoms with E-state index in [2.05, 4.69) is 35.7 Å². The Morgan fingerprint density at radius 1 is 1.19 bits per heavy atom. The molecule has 2 aromatic heterocycles. The molecule has 32 heavy (non-hydrogen) atoms. The lowest BCUT2D eigenvalue weighted by Gasteiger charge is -2.32. The summed E-state index contributed by atoms with van der Waals surface area (Å²) in [6, 6.07) is 10.2. The minimum Gasteiger partial charge on any atom is -0.356 e. The molecule has 0 saturated carbocycles. The summed E-state index contributed by atoms with van der Waals surface area (Å²) in [5, 5.41) is 13.0. The van der Waals surface area contributed by atoms with Crippen LogP contribution in [0.3, 0.4) is 0 Å². The molecule has 1 saturated heterocycles. The molecule has 3 heterocycles. The maximum Gasteiger partial charge on any atom is 0.397 e. The van der Waals surface area contributed by atoms with Crippen molar-refractivity contribution in [2.45, 2.75) is 36.0 Å². The number of aryl methyl sites for hydroxylation is 1. The Morgan fingerprint density at radius 3 is 2.53 bits per heavy atom. The van der Waals surface area contributed by atoms with Gasteiger partial charge in [0.2, 0.25) is 5.91 Å². The predicted octanol–water partition coefficient (Wildman–Crippen LogP) is 5.00. The van der Waals surface area contributed by atoms with Crippen LogP contribution in [0.5, 0.6) is 0 Å². The van der Waals surface area contributed by atoms with Gasteiger partial charge in [0.15, 0.2) is 11.0 Å². The number of carbonyl (C=O) groups is 1. The summed E-state index contributed by atoms with van der Waals surface area (Å²) < 4.78 is 36.9. The van der Waals surface area contributed by atoms with Crippen molar-refractivity contribution in [2.75, 3.05) is 28.6 Å². The zero-order chi connectivity index (χ0) is 22.7. The molecule has 8 nitrogen and oxygen atoms in total. The summed E-state index contributed by atoms with van der Waals surface area (Å²) in [5.41, 5.74) is 1.21. The maximum atomic E-state index is 12.3. The zero-order valence-corrected chi connectivity index (χ0v) is 17.8. The Labute approximate surface area is 189 Å². The van der Waals surface area contributed by atoms with Gasteiger partial charge in [-0.15, -0.1) is 0 Å². The first kappa shape index (κ1) is 21.9. The van der Waals surface area contributed by atoms with Crippen molar-refractivity contribution in [2.24, 2.45) is 0 Å². The number of amides is 1. The van der Waals surface area contributed by atoms with E-state index in [9.17, 15) is 18.0 Å². The van der Waals surface area contributed by atoms with E-state index in [1.54, 1.807) is 24.3 Å². The van der Waals surface area contributed by atoms with Gasteiger partial charge in [-0.2, -0.15) is 18.3 Å². The van der Waals surface area contributed by atoms with Gasteiger partial charge in [0.1, 0.15) is 18.1 Å². The summed E-state index contributed by atoms with van der Waals surface area (Å²) in [6.07, 6.45) is -4.96. The number of aromatic amines is 1. The van der Waals surface area contributed by atoms with Crippen LogP contribution >= 0.6 is 11.8 Å². The predicted molar refractivity (Wildman–Crippen MR) is 120 cm³/mol. The highest BCUT2D eigenvalue weighted by molar-refractivity contribution is 7.99. The first-order chi connectivity index (χ1) is 15.2. The SMILES string of the molecule is Cc1cc(Nc2cc(N3CCC3)nc(Sc3ccc(NC(=O)CC(F)(F)F)cc3)n2)n[nH]1.[HH].[HH]. The summed E-state index contributed by atoms with van der Waals surface area (Å²) in [6.45, 7) is 3.75. The summed E-state index contributed by atoms with van der Waals surface area (Å²) in [7, 11) is 0. The lowest BCUT2D eigenvalue weighted by atomic mass is 10.2. The van der Waals surface area contributed by atoms with Crippen LogP contribution in [0, 0.1) is 6.92 Å². The highest BCUT2D eigenvalue weighted by atomic mass is 32.2. The van der Waals surface area contributed by atoms with E-state index in [-0.39, 0.29) is 8.54 Å². The molecule has 0 aliphatic carbocycles. The van der Waals surface area contributed by atoms with Gasteiger partial charge in [-0.3, -0.25) is 9.89 Å². The molecular formula is C20H24F3N7OS. The van der Waals surface area contributed by atoms with Crippen LogP contribution in [0.15, 0.2) is 46.5 Å². The van der Waals surface area contributed by atoms with Gasteiger partial charge < -0.3 is 15.5 Å². The number of hydrogen-bond acceptors (Lipinski definition) is 7. The van der Waals surface area contributed by atoms with E-state index < -0.39 is 18.5 Å². The minimum absolute atomic E-state index is 0. The molecule has 1 amide bonds. The van der Waals surface area contributed by atoms with Crippen LogP contribution in [0.1, 0.15) is 21.4 Å². The average Bonchev–Trinajstić information content (AvgIpc) is 3.05. The van der Waals surface area contributed by atoms with Gasteiger partial charge in [0.05, 0.1) is 0 Å². The topological polar surface area (TPSA) is 98.8 Å². The minimum atomic E-state index is -4.54. The molecule has 3 aromatic rings. The Hall–Kier alpha value is -3.28. The molecule has 0 unspecified atom stereocenters. The highest BCUT2D eigenvalue weighted by Crippen LogP contribution is 2.31. The van der Waals surface area contributed by atoms with Gasteiger partial charge in [-0.05, 0) is 49.4 Å². The number of benzene rings is 1. The van der Waals surface area contributed by atoms with E-state index >= 15 is 0 Å². The number of alkyl halides is 3. The van der Waals surface area contributed by atoms with E-state index in [1.165, 1.54) is 11.8 Å². The fourth-order valence-electron chi connectivity index (χ4n) is 2.94. The molecule has 1 aliphatic heterocycles. The second kappa shape index (κ2) is 9.07. The second-order valence-corrected chi connectivity index (χ2v) is 8.30. The normalized spacial score (nSPS) is 13.6. The quantitative estimate of drug-likeness (QED) is 0.421. The molecule has 4 rings (SSSR count). The number of halogens is 3. The summed E-state index contributed by atoms with van der Waals surface area (Å²) in [5.74, 6) is 0.949. The maximum absolute atomic E-state index is 12.3. The summed E-state index contributed by atoms with van der Waals surface area (Å²) in [4.78, 5) is 23.6. The van der Waals surface area contributed by atoms with Crippen molar-refractivity contribution in [3.05, 3.63) is 42.1 Å². The number of nitrogens with one attached hydrogen (secondary N) is 3. The number of aromatic nitrogens is 4. The van der Waals surface area contributed by atoms with Crippen molar-refractivity contribution in [1.82, 2.24) is 20.2 Å². The highest BCUT2D eigenvalue weighted by Gasteiger charge is 2.31. The third kappa shape index (κ3) is 5.90. The Morgan fingerprint density at radius 2 is 1.94 bits per heavy atom. The van der Waals surface area contributed by atoms with Crippen molar-refractivity contribution in [1.29, 1.82) is 0 Å². The second-order valence-electron chi connectivity index (χ2n) is 7.26. The number of carbonyl (C=O) groups excluding carboxylic acids is 1. The van der Waals surface area contributed by atoms with Crippen molar-refractivity contribution < 1.29 is 20.8 Å². The van der Waals surface area contributed by atoms with Crippen LogP contribution in [0.4, 0.5) is 36.3 Å². The average molecular weight is 468 g/mol. The van der Waals surface area contributed by atoms with Gasteiger partial charge >= 0.3 is 6.18 Å². The van der Waals surface area contributed by atoms with Gasteiger partial charge in [0, 0.05) is 44.4 Å². The molecule has 0 atom stereocenters. The Kier molecular flexibility index (Phi) is 6.21. The van der Waals surface area contributed by atoms with E-state index in [4.69, 9.17) is 0 Å². The number of anilines is 4. The van der Waals surface area contributed by atoms with Crippen molar-refractivity contribution in [3.8, 4) is 0 Å². The molecule has 172 valence electrons. The number of nitrogens with zero attached hydrogens (tertiary/aromatic N) is 4. The zero-order valence-electron chi connectivity index (χ0n) is 17.0. The van der Waals surface area contributed by atoms with Crippen LogP contribution in [0.25, 0.3) is 0 Å². The lowest BCUT2D eigenvalue weighted by Crippen LogP contribution is -2.37. The van der Waals surface area contributed by atoms with Crippen molar-refractivity contribution >= 4 is 40.8 Å². The largest absolute Gasteiger partial charge is 0.397 e. The molecular weight excluding hydrogens is 443 g/mol. The lowest BCUT2D eigenvalue weighted by molar-refractivity contribution is -0.150. The van der Waals surface area contributed by atoms with Crippen LogP contribution in [-0.2, 0) is 4.79 Å².